The zero-order valence-electron chi connectivity index (χ0n) is 14.2. The Morgan fingerprint density at radius 1 is 1.15 bits per heavy atom. The van der Waals surface area contributed by atoms with Gasteiger partial charge in [0.1, 0.15) is 5.82 Å². The number of carbonyl (C=O) groups is 1. The molecule has 0 spiro atoms. The number of hydrogen-bond acceptors (Lipinski definition) is 3. The van der Waals surface area contributed by atoms with Gasteiger partial charge in [-0.15, -0.1) is 0 Å². The molecule has 2 aromatic heterocycles. The molecule has 26 heavy (non-hydrogen) atoms. The van der Waals surface area contributed by atoms with Crippen molar-refractivity contribution in [3.05, 3.63) is 72.1 Å². The van der Waals surface area contributed by atoms with Gasteiger partial charge in [0.05, 0.1) is 11.8 Å². The van der Waals surface area contributed by atoms with Crippen LogP contribution >= 0.6 is 0 Å². The summed E-state index contributed by atoms with van der Waals surface area (Å²) in [6.45, 7) is 1.36. The molecule has 0 unspecified atom stereocenters. The number of halogens is 1. The summed E-state index contributed by atoms with van der Waals surface area (Å²) in [6.07, 6.45) is 6.70. The Balaban J connectivity index is 1.48. The highest BCUT2D eigenvalue weighted by atomic mass is 19.1. The summed E-state index contributed by atoms with van der Waals surface area (Å²) in [5.41, 5.74) is 3.39. The van der Waals surface area contributed by atoms with Crippen LogP contribution in [0.15, 0.2) is 55.0 Å². The molecule has 5 nitrogen and oxygen atoms in total. The van der Waals surface area contributed by atoms with Gasteiger partial charge in [0.2, 0.25) is 0 Å². The normalized spacial score (nSPS) is 15.2. The lowest BCUT2D eigenvalue weighted by atomic mass is 9.89. The second-order valence-electron chi connectivity index (χ2n) is 6.52. The smallest absolute Gasteiger partial charge is 0.255 e. The van der Waals surface area contributed by atoms with E-state index in [9.17, 15) is 9.18 Å². The number of carbonyl (C=O) groups excluding carboxylic acids is 1. The van der Waals surface area contributed by atoms with E-state index in [0.29, 0.717) is 18.7 Å². The molecule has 0 atom stereocenters. The van der Waals surface area contributed by atoms with Crippen LogP contribution in [0, 0.1) is 5.82 Å². The van der Waals surface area contributed by atoms with Crippen molar-refractivity contribution in [2.45, 2.75) is 18.8 Å². The van der Waals surface area contributed by atoms with Crippen molar-refractivity contribution in [3.63, 3.8) is 0 Å². The number of nitrogens with one attached hydrogen (secondary N) is 1. The lowest BCUT2D eigenvalue weighted by Crippen LogP contribution is -2.38. The third-order valence-corrected chi connectivity index (χ3v) is 4.90. The van der Waals surface area contributed by atoms with E-state index in [2.05, 4.69) is 15.2 Å². The summed E-state index contributed by atoms with van der Waals surface area (Å²) < 4.78 is 13.6. The number of nitrogens with zero attached hydrogens (tertiary/aromatic N) is 3. The van der Waals surface area contributed by atoms with Crippen molar-refractivity contribution in [2.24, 2.45) is 0 Å². The number of hydrogen-bond donors (Lipinski definition) is 1. The number of rotatable bonds is 3. The molecule has 132 valence electrons. The van der Waals surface area contributed by atoms with Crippen LogP contribution in [0.5, 0.6) is 0 Å². The summed E-state index contributed by atoms with van der Waals surface area (Å²) in [5.74, 6) is 0.0340. The van der Waals surface area contributed by atoms with Gasteiger partial charge in [-0.2, -0.15) is 5.10 Å². The van der Waals surface area contributed by atoms with Crippen LogP contribution in [-0.4, -0.2) is 39.1 Å². The predicted molar refractivity (Wildman–Crippen MR) is 96.1 cm³/mol. The minimum absolute atomic E-state index is 0.0199. The minimum Gasteiger partial charge on any atom is -0.339 e. The average Bonchev–Trinajstić information content (AvgIpc) is 3.18. The highest BCUT2D eigenvalue weighted by Gasteiger charge is 2.27. The van der Waals surface area contributed by atoms with Crippen molar-refractivity contribution in [2.75, 3.05) is 13.1 Å². The molecule has 3 heterocycles. The van der Waals surface area contributed by atoms with Crippen molar-refractivity contribution in [1.29, 1.82) is 0 Å². The Morgan fingerprint density at radius 3 is 2.73 bits per heavy atom. The maximum atomic E-state index is 13.6. The van der Waals surface area contributed by atoms with Crippen molar-refractivity contribution >= 4 is 5.91 Å². The van der Waals surface area contributed by atoms with Crippen molar-refractivity contribution in [3.8, 4) is 11.1 Å². The maximum absolute atomic E-state index is 13.6. The van der Waals surface area contributed by atoms with Crippen LogP contribution < -0.4 is 0 Å². The van der Waals surface area contributed by atoms with Gasteiger partial charge < -0.3 is 4.90 Å². The number of likely N-dealkylation sites (tertiary alicyclic amines) is 1. The van der Waals surface area contributed by atoms with Crippen molar-refractivity contribution < 1.29 is 9.18 Å². The lowest BCUT2D eigenvalue weighted by molar-refractivity contribution is 0.0712. The lowest BCUT2D eigenvalue weighted by Gasteiger charge is -2.32. The number of H-pyrrole nitrogens is 1. The molecule has 0 saturated carbocycles. The van der Waals surface area contributed by atoms with E-state index in [1.807, 2.05) is 11.0 Å². The second-order valence-corrected chi connectivity index (χ2v) is 6.52. The predicted octanol–water partition coefficient (Wildman–Crippen LogP) is 3.63. The summed E-state index contributed by atoms with van der Waals surface area (Å²) in [6, 6.07) is 10.1. The average molecular weight is 350 g/mol. The molecule has 1 amide bonds. The first-order valence-electron chi connectivity index (χ1n) is 8.71. The number of amides is 1. The Labute approximate surface area is 150 Å². The molecule has 0 bridgehead atoms. The van der Waals surface area contributed by atoms with Crippen LogP contribution in [0.3, 0.4) is 0 Å². The number of pyridine rings is 1. The molecule has 1 aliphatic rings. The molecule has 1 N–H and O–H groups in total. The number of benzene rings is 1. The number of aromatic amines is 1. The topological polar surface area (TPSA) is 61.9 Å². The first-order valence-corrected chi connectivity index (χ1v) is 8.71. The molecule has 1 aliphatic heterocycles. The molecule has 4 rings (SSSR count). The minimum atomic E-state index is -0.258. The van der Waals surface area contributed by atoms with Gasteiger partial charge in [-0.25, -0.2) is 4.39 Å². The fraction of sp³-hybridized carbons (Fsp3) is 0.250. The molecule has 1 saturated heterocycles. The Bertz CT molecular complexity index is 901. The van der Waals surface area contributed by atoms with E-state index in [1.165, 1.54) is 12.1 Å². The summed E-state index contributed by atoms with van der Waals surface area (Å²) in [7, 11) is 0. The fourth-order valence-electron chi connectivity index (χ4n) is 3.54. The molecule has 0 radical (unpaired) electrons. The van der Waals surface area contributed by atoms with E-state index in [1.54, 1.807) is 36.8 Å². The zero-order chi connectivity index (χ0) is 17.9. The third-order valence-electron chi connectivity index (χ3n) is 4.90. The highest BCUT2D eigenvalue weighted by Crippen LogP contribution is 2.34. The Kier molecular flexibility index (Phi) is 4.48. The SMILES string of the molecule is O=C(c1cccnc1)N1CCC(c2[nH]ncc2-c2cccc(F)c2)CC1. The molecule has 1 fully saturated rings. The summed E-state index contributed by atoms with van der Waals surface area (Å²) in [4.78, 5) is 18.4. The van der Waals surface area contributed by atoms with Crippen LogP contribution in [-0.2, 0) is 0 Å². The van der Waals surface area contributed by atoms with Gasteiger partial charge in [-0.1, -0.05) is 12.1 Å². The van der Waals surface area contributed by atoms with Gasteiger partial charge in [0, 0.05) is 42.7 Å². The van der Waals surface area contributed by atoms with Crippen molar-refractivity contribution in [1.82, 2.24) is 20.1 Å². The monoisotopic (exact) mass is 350 g/mol. The first-order chi connectivity index (χ1) is 12.7. The van der Waals surface area contributed by atoms with Gasteiger partial charge in [0.25, 0.3) is 5.91 Å². The number of piperidine rings is 1. The largest absolute Gasteiger partial charge is 0.339 e. The highest BCUT2D eigenvalue weighted by molar-refractivity contribution is 5.93. The number of aromatic nitrogens is 3. The Morgan fingerprint density at radius 2 is 2.00 bits per heavy atom. The quantitative estimate of drug-likeness (QED) is 0.785. The Hall–Kier alpha value is -3.02. The first kappa shape index (κ1) is 16.4. The van der Waals surface area contributed by atoms with Crippen LogP contribution in [0.2, 0.25) is 0 Å². The standard InChI is InChI=1S/C20H19FN4O/c21-17-5-1-3-15(11-17)18-13-23-24-19(18)14-6-9-25(10-7-14)20(26)16-4-2-8-22-12-16/h1-5,8,11-14H,6-7,9-10H2,(H,23,24). The van der Waals surface area contributed by atoms with E-state index in [-0.39, 0.29) is 17.6 Å². The maximum Gasteiger partial charge on any atom is 0.255 e. The summed E-state index contributed by atoms with van der Waals surface area (Å²) in [5, 5.41) is 7.25. The fourth-order valence-corrected chi connectivity index (χ4v) is 3.54. The molecule has 6 heteroatoms. The van der Waals surface area contributed by atoms with E-state index >= 15 is 0 Å². The van der Waals surface area contributed by atoms with E-state index < -0.39 is 0 Å². The third kappa shape index (κ3) is 3.22. The van der Waals surface area contributed by atoms with Gasteiger partial charge in [0.15, 0.2) is 0 Å². The molecule has 1 aromatic carbocycles. The molecule has 0 aliphatic carbocycles. The van der Waals surface area contributed by atoms with E-state index in [4.69, 9.17) is 0 Å². The van der Waals surface area contributed by atoms with Gasteiger partial charge in [-0.3, -0.25) is 14.9 Å². The summed E-state index contributed by atoms with van der Waals surface area (Å²) >= 11 is 0. The molecular formula is C20H19FN4O. The second kappa shape index (κ2) is 7.07. The molecule has 3 aromatic rings. The zero-order valence-corrected chi connectivity index (χ0v) is 14.2. The molecular weight excluding hydrogens is 331 g/mol. The van der Waals surface area contributed by atoms with Gasteiger partial charge in [-0.05, 0) is 42.7 Å². The van der Waals surface area contributed by atoms with Crippen LogP contribution in [0.1, 0.15) is 34.8 Å². The van der Waals surface area contributed by atoms with Crippen LogP contribution in [0.4, 0.5) is 4.39 Å². The van der Waals surface area contributed by atoms with Crippen LogP contribution in [0.25, 0.3) is 11.1 Å². The van der Waals surface area contributed by atoms with Gasteiger partial charge >= 0.3 is 0 Å². The van der Waals surface area contributed by atoms with E-state index in [0.717, 1.165) is 29.7 Å².